The van der Waals surface area contributed by atoms with E-state index in [1.165, 1.54) is 16.0 Å². The van der Waals surface area contributed by atoms with E-state index in [9.17, 15) is 0 Å². The van der Waals surface area contributed by atoms with E-state index in [4.69, 9.17) is 0 Å². The van der Waals surface area contributed by atoms with Crippen LogP contribution in [0.25, 0.3) is 0 Å². The average Bonchev–Trinajstić information content (AvgIpc) is 2.77. The molecule has 1 aromatic heterocycles. The predicted molar refractivity (Wildman–Crippen MR) is 76.6 cm³/mol. The zero-order chi connectivity index (χ0) is 11.8. The predicted octanol–water partition coefficient (Wildman–Crippen LogP) is 4.09. The molecule has 1 atom stereocenters. The average molecular weight is 308 g/mol. The molecule has 0 amide bonds. The van der Waals surface area contributed by atoms with Crippen LogP contribution in [0.5, 0.6) is 0 Å². The molecule has 0 spiro atoms. The Hall–Kier alpha value is -0.640. The van der Waals surface area contributed by atoms with Gasteiger partial charge < -0.3 is 4.90 Å². The fourth-order valence-electron chi connectivity index (χ4n) is 2.49. The van der Waals surface area contributed by atoms with Crippen LogP contribution in [0.4, 0.5) is 0 Å². The van der Waals surface area contributed by atoms with Crippen LogP contribution in [-0.4, -0.2) is 18.5 Å². The van der Waals surface area contributed by atoms with Crippen molar-refractivity contribution in [2.24, 2.45) is 0 Å². The number of rotatable bonds is 1. The van der Waals surface area contributed by atoms with E-state index in [0.29, 0.717) is 5.92 Å². The Morgan fingerprint density at radius 2 is 2.00 bits per heavy atom. The Bertz CT molecular complexity index is 517. The lowest BCUT2D eigenvalue weighted by atomic mass is 9.89. The van der Waals surface area contributed by atoms with Crippen LogP contribution in [0, 0.1) is 0 Å². The number of thiophene rings is 1. The molecule has 0 saturated heterocycles. The molecule has 3 heteroatoms. The first-order valence-electron chi connectivity index (χ1n) is 5.74. The summed E-state index contributed by atoms with van der Waals surface area (Å²) in [6.07, 6.45) is 0. The summed E-state index contributed by atoms with van der Waals surface area (Å²) < 4.78 is 1.15. The van der Waals surface area contributed by atoms with Gasteiger partial charge >= 0.3 is 0 Å². The maximum absolute atomic E-state index is 3.50. The van der Waals surface area contributed by atoms with Crippen molar-refractivity contribution in [1.82, 2.24) is 4.90 Å². The van der Waals surface area contributed by atoms with Crippen molar-refractivity contribution in [1.29, 1.82) is 0 Å². The highest BCUT2D eigenvalue weighted by Gasteiger charge is 2.25. The Kier molecular flexibility index (Phi) is 3.07. The van der Waals surface area contributed by atoms with Crippen LogP contribution in [-0.2, 0) is 6.54 Å². The van der Waals surface area contributed by atoms with Crippen LogP contribution in [0.2, 0.25) is 0 Å². The maximum atomic E-state index is 3.50. The van der Waals surface area contributed by atoms with Crippen LogP contribution < -0.4 is 0 Å². The van der Waals surface area contributed by atoms with Crippen molar-refractivity contribution in [3.05, 3.63) is 56.2 Å². The fourth-order valence-corrected chi connectivity index (χ4v) is 3.77. The van der Waals surface area contributed by atoms with Gasteiger partial charge in [-0.3, -0.25) is 0 Å². The molecular weight excluding hydrogens is 294 g/mol. The first-order chi connectivity index (χ1) is 8.24. The van der Waals surface area contributed by atoms with E-state index in [2.05, 4.69) is 63.6 Å². The molecule has 3 rings (SSSR count). The van der Waals surface area contributed by atoms with Crippen molar-refractivity contribution >= 4 is 27.3 Å². The van der Waals surface area contributed by atoms with Crippen molar-refractivity contribution in [2.75, 3.05) is 13.6 Å². The summed E-state index contributed by atoms with van der Waals surface area (Å²) in [6.45, 7) is 2.21. The molecule has 0 bridgehead atoms. The number of fused-ring (bicyclic) bond motifs is 1. The van der Waals surface area contributed by atoms with Crippen molar-refractivity contribution in [3.8, 4) is 0 Å². The molecule has 1 aromatic carbocycles. The number of likely N-dealkylation sites (N-methyl/N-ethyl adjacent to an activating group) is 1. The number of nitrogens with zero attached hydrogens (tertiary/aromatic N) is 1. The molecule has 0 fully saturated rings. The maximum Gasteiger partial charge on any atom is 0.0328 e. The Morgan fingerprint density at radius 3 is 2.76 bits per heavy atom. The minimum Gasteiger partial charge on any atom is -0.300 e. The van der Waals surface area contributed by atoms with Crippen LogP contribution in [0.1, 0.15) is 21.9 Å². The standard InChI is InChI=1S/C14H14BrNS/c1-16-8-13(10-2-4-11(15)5-3-10)12-6-7-17-14(12)9-16/h2-7,13H,8-9H2,1H3. The highest BCUT2D eigenvalue weighted by atomic mass is 79.9. The molecule has 1 aliphatic heterocycles. The molecule has 0 aliphatic carbocycles. The van der Waals surface area contributed by atoms with Crippen molar-refractivity contribution in [3.63, 3.8) is 0 Å². The fraction of sp³-hybridized carbons (Fsp3) is 0.286. The Morgan fingerprint density at radius 1 is 1.24 bits per heavy atom. The smallest absolute Gasteiger partial charge is 0.0328 e. The normalized spacial score (nSPS) is 20.2. The first-order valence-corrected chi connectivity index (χ1v) is 7.41. The van der Waals surface area contributed by atoms with Crippen LogP contribution in [0.15, 0.2) is 40.2 Å². The summed E-state index contributed by atoms with van der Waals surface area (Å²) in [5.41, 5.74) is 2.94. The molecule has 2 heterocycles. The SMILES string of the molecule is CN1Cc2sccc2C(c2ccc(Br)cc2)C1. The monoisotopic (exact) mass is 307 g/mol. The Labute approximate surface area is 114 Å². The third-order valence-corrected chi connectivity index (χ3v) is 4.79. The molecule has 0 saturated carbocycles. The number of hydrogen-bond acceptors (Lipinski definition) is 2. The number of hydrogen-bond donors (Lipinski definition) is 0. The summed E-state index contributed by atoms with van der Waals surface area (Å²) in [5, 5.41) is 2.22. The molecule has 1 nitrogen and oxygen atoms in total. The molecule has 0 N–H and O–H groups in total. The topological polar surface area (TPSA) is 3.24 Å². The van der Waals surface area contributed by atoms with Crippen molar-refractivity contribution < 1.29 is 0 Å². The van der Waals surface area contributed by atoms with Gasteiger partial charge in [0, 0.05) is 28.4 Å². The minimum atomic E-state index is 0.531. The Balaban J connectivity index is 2.01. The van der Waals surface area contributed by atoms with Gasteiger partial charge in [0.1, 0.15) is 0 Å². The zero-order valence-electron chi connectivity index (χ0n) is 9.69. The third-order valence-electron chi connectivity index (χ3n) is 3.34. The summed E-state index contributed by atoms with van der Waals surface area (Å²) in [6, 6.07) is 11.0. The lowest BCUT2D eigenvalue weighted by Gasteiger charge is -2.30. The molecule has 1 unspecified atom stereocenters. The zero-order valence-corrected chi connectivity index (χ0v) is 12.1. The lowest BCUT2D eigenvalue weighted by Crippen LogP contribution is -2.29. The highest BCUT2D eigenvalue weighted by molar-refractivity contribution is 9.10. The van der Waals surface area contributed by atoms with Gasteiger partial charge in [0.15, 0.2) is 0 Å². The minimum absolute atomic E-state index is 0.531. The number of benzene rings is 1. The summed E-state index contributed by atoms with van der Waals surface area (Å²) in [7, 11) is 2.20. The van der Waals surface area contributed by atoms with Gasteiger partial charge in [-0.2, -0.15) is 0 Å². The second-order valence-electron chi connectivity index (χ2n) is 4.60. The van der Waals surface area contributed by atoms with Crippen LogP contribution >= 0.6 is 27.3 Å². The van der Waals surface area contributed by atoms with E-state index >= 15 is 0 Å². The second-order valence-corrected chi connectivity index (χ2v) is 6.52. The second kappa shape index (κ2) is 4.56. The molecule has 88 valence electrons. The van der Waals surface area contributed by atoms with E-state index in [1.807, 2.05) is 11.3 Å². The van der Waals surface area contributed by atoms with E-state index in [1.54, 1.807) is 0 Å². The third kappa shape index (κ3) is 2.19. The summed E-state index contributed by atoms with van der Waals surface area (Å²) >= 11 is 5.38. The van der Waals surface area contributed by atoms with Gasteiger partial charge in [-0.15, -0.1) is 11.3 Å². The molecular formula is C14H14BrNS. The summed E-state index contributed by atoms with van der Waals surface area (Å²) in [5.74, 6) is 0.531. The molecule has 0 radical (unpaired) electrons. The van der Waals surface area contributed by atoms with E-state index < -0.39 is 0 Å². The molecule has 1 aliphatic rings. The quantitative estimate of drug-likeness (QED) is 0.767. The largest absolute Gasteiger partial charge is 0.300 e. The molecule has 17 heavy (non-hydrogen) atoms. The van der Waals surface area contributed by atoms with Gasteiger partial charge in [-0.25, -0.2) is 0 Å². The first kappa shape index (κ1) is 11.5. The van der Waals surface area contributed by atoms with Gasteiger partial charge in [0.2, 0.25) is 0 Å². The summed E-state index contributed by atoms with van der Waals surface area (Å²) in [4.78, 5) is 3.93. The highest BCUT2D eigenvalue weighted by Crippen LogP contribution is 2.36. The lowest BCUT2D eigenvalue weighted by molar-refractivity contribution is 0.299. The van der Waals surface area contributed by atoms with Gasteiger partial charge in [0.25, 0.3) is 0 Å². The van der Waals surface area contributed by atoms with Gasteiger partial charge in [-0.1, -0.05) is 28.1 Å². The number of halogens is 1. The van der Waals surface area contributed by atoms with E-state index in [0.717, 1.165) is 17.6 Å². The van der Waals surface area contributed by atoms with Gasteiger partial charge in [0.05, 0.1) is 0 Å². The van der Waals surface area contributed by atoms with Crippen molar-refractivity contribution in [2.45, 2.75) is 12.5 Å². The van der Waals surface area contributed by atoms with Crippen LogP contribution in [0.3, 0.4) is 0 Å². The van der Waals surface area contributed by atoms with E-state index in [-0.39, 0.29) is 0 Å². The van der Waals surface area contributed by atoms with Gasteiger partial charge in [-0.05, 0) is 41.8 Å². The molecule has 2 aromatic rings.